The average molecular weight is 409 g/mol. The van der Waals surface area contributed by atoms with Gasteiger partial charge in [-0.05, 0) is 18.1 Å². The van der Waals surface area contributed by atoms with Crippen molar-refractivity contribution in [2.24, 2.45) is 0 Å². The molecule has 1 aliphatic rings. The molecule has 3 amide bonds. The molecule has 0 atom stereocenters. The van der Waals surface area contributed by atoms with Gasteiger partial charge in [-0.3, -0.25) is 9.69 Å². The predicted molar refractivity (Wildman–Crippen MR) is 119 cm³/mol. The van der Waals surface area contributed by atoms with Crippen molar-refractivity contribution >= 4 is 11.9 Å². The van der Waals surface area contributed by atoms with Crippen molar-refractivity contribution in [1.29, 1.82) is 0 Å². The first-order valence-corrected chi connectivity index (χ1v) is 10.5. The van der Waals surface area contributed by atoms with E-state index in [9.17, 15) is 9.59 Å². The van der Waals surface area contributed by atoms with Crippen LogP contribution in [0.4, 0.5) is 4.79 Å². The standard InChI is InChI=1S/C24H32N4O2/c1-20-9-11-22(12-10-20)17-25(2)23(29)19-27-13-15-28(16-14-27)24(30)26(3)18-21-7-5-4-6-8-21/h4-12H,13-19H2,1-3H3. The summed E-state index contributed by atoms with van der Waals surface area (Å²) in [4.78, 5) is 32.9. The van der Waals surface area contributed by atoms with Gasteiger partial charge in [0.1, 0.15) is 0 Å². The number of carbonyl (C=O) groups is 2. The van der Waals surface area contributed by atoms with Crippen LogP contribution in [-0.4, -0.2) is 78.4 Å². The molecule has 0 saturated carbocycles. The summed E-state index contributed by atoms with van der Waals surface area (Å²) in [6.07, 6.45) is 0. The van der Waals surface area contributed by atoms with E-state index in [1.165, 1.54) is 5.56 Å². The lowest BCUT2D eigenvalue weighted by Crippen LogP contribution is -2.53. The third-order valence-electron chi connectivity index (χ3n) is 5.56. The molecule has 30 heavy (non-hydrogen) atoms. The normalized spacial score (nSPS) is 14.4. The number of urea groups is 1. The lowest BCUT2D eigenvalue weighted by Gasteiger charge is -2.36. The van der Waals surface area contributed by atoms with Gasteiger partial charge in [0.05, 0.1) is 6.54 Å². The minimum Gasteiger partial charge on any atom is -0.340 e. The summed E-state index contributed by atoms with van der Waals surface area (Å²) in [6.45, 7) is 6.39. The fourth-order valence-electron chi connectivity index (χ4n) is 3.63. The Morgan fingerprint density at radius 2 is 1.37 bits per heavy atom. The lowest BCUT2D eigenvalue weighted by atomic mass is 10.1. The molecule has 1 fully saturated rings. The molecule has 0 spiro atoms. The van der Waals surface area contributed by atoms with Crippen LogP contribution in [0.5, 0.6) is 0 Å². The number of rotatable bonds is 6. The van der Waals surface area contributed by atoms with E-state index in [0.717, 1.165) is 24.2 Å². The topological polar surface area (TPSA) is 47.1 Å². The SMILES string of the molecule is Cc1ccc(CN(C)C(=O)CN2CCN(C(=O)N(C)Cc3ccccc3)CC2)cc1. The van der Waals surface area contributed by atoms with E-state index in [4.69, 9.17) is 0 Å². The highest BCUT2D eigenvalue weighted by Crippen LogP contribution is 2.10. The van der Waals surface area contributed by atoms with Crippen molar-refractivity contribution in [3.63, 3.8) is 0 Å². The molecule has 6 nitrogen and oxygen atoms in total. The molecule has 0 N–H and O–H groups in total. The summed E-state index contributed by atoms with van der Waals surface area (Å²) >= 11 is 0. The molecule has 2 aromatic carbocycles. The number of piperazine rings is 1. The minimum absolute atomic E-state index is 0.0429. The third kappa shape index (κ3) is 6.07. The van der Waals surface area contributed by atoms with Crippen LogP contribution in [0.25, 0.3) is 0 Å². The average Bonchev–Trinajstić information content (AvgIpc) is 2.76. The molecular weight excluding hydrogens is 376 g/mol. The Kier molecular flexibility index (Phi) is 7.46. The van der Waals surface area contributed by atoms with Crippen molar-refractivity contribution < 1.29 is 9.59 Å². The Balaban J connectivity index is 1.42. The van der Waals surface area contributed by atoms with E-state index in [0.29, 0.717) is 32.7 Å². The van der Waals surface area contributed by atoms with Gasteiger partial charge in [-0.15, -0.1) is 0 Å². The zero-order valence-electron chi connectivity index (χ0n) is 18.3. The number of carbonyl (C=O) groups excluding carboxylic acids is 2. The molecule has 0 radical (unpaired) electrons. The maximum atomic E-state index is 12.7. The Labute approximate surface area is 179 Å². The summed E-state index contributed by atoms with van der Waals surface area (Å²) in [5.41, 5.74) is 3.47. The van der Waals surface area contributed by atoms with Crippen LogP contribution in [0.3, 0.4) is 0 Å². The van der Waals surface area contributed by atoms with E-state index in [-0.39, 0.29) is 11.9 Å². The van der Waals surface area contributed by atoms with Crippen LogP contribution in [0.15, 0.2) is 54.6 Å². The highest BCUT2D eigenvalue weighted by Gasteiger charge is 2.25. The van der Waals surface area contributed by atoms with Gasteiger partial charge < -0.3 is 14.7 Å². The number of aryl methyl sites for hydroxylation is 1. The highest BCUT2D eigenvalue weighted by molar-refractivity contribution is 5.78. The molecule has 0 aromatic heterocycles. The zero-order valence-corrected chi connectivity index (χ0v) is 18.3. The molecule has 0 bridgehead atoms. The van der Waals surface area contributed by atoms with Crippen LogP contribution in [0.2, 0.25) is 0 Å². The van der Waals surface area contributed by atoms with Crippen molar-refractivity contribution in [2.75, 3.05) is 46.8 Å². The van der Waals surface area contributed by atoms with Crippen LogP contribution in [0, 0.1) is 6.92 Å². The van der Waals surface area contributed by atoms with E-state index in [2.05, 4.69) is 36.1 Å². The fraction of sp³-hybridized carbons (Fsp3) is 0.417. The van der Waals surface area contributed by atoms with Crippen LogP contribution in [0.1, 0.15) is 16.7 Å². The smallest absolute Gasteiger partial charge is 0.320 e. The van der Waals surface area contributed by atoms with E-state index >= 15 is 0 Å². The van der Waals surface area contributed by atoms with Gasteiger partial charge in [0.15, 0.2) is 0 Å². The first kappa shape index (κ1) is 21.8. The van der Waals surface area contributed by atoms with Gasteiger partial charge in [-0.1, -0.05) is 60.2 Å². The first-order chi connectivity index (χ1) is 14.4. The summed E-state index contributed by atoms with van der Waals surface area (Å²) in [6, 6.07) is 18.3. The molecule has 1 saturated heterocycles. The zero-order chi connectivity index (χ0) is 21.5. The second-order valence-corrected chi connectivity index (χ2v) is 8.12. The molecule has 0 unspecified atom stereocenters. The van der Waals surface area contributed by atoms with Crippen molar-refractivity contribution in [3.05, 3.63) is 71.3 Å². The molecule has 6 heteroatoms. The third-order valence-corrected chi connectivity index (χ3v) is 5.56. The van der Waals surface area contributed by atoms with Crippen LogP contribution in [-0.2, 0) is 17.9 Å². The maximum absolute atomic E-state index is 12.7. The van der Waals surface area contributed by atoms with Gasteiger partial charge in [-0.2, -0.15) is 0 Å². The highest BCUT2D eigenvalue weighted by atomic mass is 16.2. The lowest BCUT2D eigenvalue weighted by molar-refractivity contribution is -0.132. The number of likely N-dealkylation sites (N-methyl/N-ethyl adjacent to an activating group) is 1. The van der Waals surface area contributed by atoms with Crippen molar-refractivity contribution in [3.8, 4) is 0 Å². The monoisotopic (exact) mass is 408 g/mol. The molecular formula is C24H32N4O2. The van der Waals surface area contributed by atoms with Gasteiger partial charge in [-0.25, -0.2) is 4.79 Å². The quantitative estimate of drug-likeness (QED) is 0.739. The number of nitrogens with zero attached hydrogens (tertiary/aromatic N) is 4. The summed E-state index contributed by atoms with van der Waals surface area (Å²) in [5, 5.41) is 0. The first-order valence-electron chi connectivity index (χ1n) is 10.5. The Morgan fingerprint density at radius 1 is 0.800 bits per heavy atom. The van der Waals surface area contributed by atoms with Gasteiger partial charge in [0.2, 0.25) is 5.91 Å². The summed E-state index contributed by atoms with van der Waals surface area (Å²) in [7, 11) is 3.69. The number of hydrogen-bond acceptors (Lipinski definition) is 3. The number of hydrogen-bond donors (Lipinski definition) is 0. The molecule has 2 aromatic rings. The van der Waals surface area contributed by atoms with E-state index in [1.54, 1.807) is 9.80 Å². The molecule has 0 aliphatic carbocycles. The summed E-state index contributed by atoms with van der Waals surface area (Å²) < 4.78 is 0. The fourth-order valence-corrected chi connectivity index (χ4v) is 3.63. The molecule has 3 rings (SSSR count). The van der Waals surface area contributed by atoms with Gasteiger partial charge >= 0.3 is 6.03 Å². The van der Waals surface area contributed by atoms with E-state index in [1.807, 2.05) is 49.3 Å². The molecule has 1 aliphatic heterocycles. The largest absolute Gasteiger partial charge is 0.340 e. The van der Waals surface area contributed by atoms with E-state index < -0.39 is 0 Å². The molecule has 160 valence electrons. The maximum Gasteiger partial charge on any atom is 0.320 e. The Bertz CT molecular complexity index is 830. The van der Waals surface area contributed by atoms with Crippen molar-refractivity contribution in [1.82, 2.24) is 19.6 Å². The van der Waals surface area contributed by atoms with Crippen LogP contribution >= 0.6 is 0 Å². The Morgan fingerprint density at radius 3 is 2.00 bits per heavy atom. The van der Waals surface area contributed by atoms with Gasteiger partial charge in [0.25, 0.3) is 0 Å². The second kappa shape index (κ2) is 10.3. The minimum atomic E-state index is 0.0429. The van der Waals surface area contributed by atoms with Gasteiger partial charge in [0, 0.05) is 53.4 Å². The second-order valence-electron chi connectivity index (χ2n) is 8.12. The molecule has 1 heterocycles. The van der Waals surface area contributed by atoms with Crippen LogP contribution < -0.4 is 0 Å². The number of amides is 3. The Hall–Kier alpha value is -2.86. The predicted octanol–water partition coefficient (Wildman–Crippen LogP) is 2.82. The number of benzene rings is 2. The summed E-state index contributed by atoms with van der Waals surface area (Å²) in [5.74, 6) is 0.108. The van der Waals surface area contributed by atoms with Crippen molar-refractivity contribution in [2.45, 2.75) is 20.0 Å².